The van der Waals surface area contributed by atoms with Gasteiger partial charge in [0.25, 0.3) is 0 Å². The zero-order valence-electron chi connectivity index (χ0n) is 7.97. The topological polar surface area (TPSA) is 49.6 Å². The number of nitriles is 1. The number of rotatable bonds is 2. The summed E-state index contributed by atoms with van der Waals surface area (Å²) in [6.07, 6.45) is 0. The molecule has 0 saturated heterocycles. The molecule has 0 atom stereocenters. The summed E-state index contributed by atoms with van der Waals surface area (Å²) in [5, 5.41) is 16.6. The molecule has 1 aromatic heterocycles. The molecule has 0 radical (unpaired) electrons. The van der Waals surface area contributed by atoms with Crippen LogP contribution in [0.3, 0.4) is 0 Å². The van der Waals surface area contributed by atoms with E-state index in [1.807, 2.05) is 25.1 Å². The minimum Gasteiger partial charge on any atom is -0.192 e. The molecule has 0 N–H and O–H groups in total. The van der Waals surface area contributed by atoms with Crippen molar-refractivity contribution in [3.63, 3.8) is 0 Å². The van der Waals surface area contributed by atoms with Gasteiger partial charge in [0.15, 0.2) is 4.34 Å². The summed E-state index contributed by atoms with van der Waals surface area (Å²) in [5.41, 5.74) is 3.51. The van der Waals surface area contributed by atoms with E-state index < -0.39 is 0 Å². The highest BCUT2D eigenvalue weighted by Gasteiger charge is 2.06. The number of hydrogen-bond acceptors (Lipinski definition) is 5. The van der Waals surface area contributed by atoms with Crippen LogP contribution in [0.2, 0.25) is 0 Å². The Bertz CT molecular complexity index is 500. The standard InChI is InChI=1S/C10H7N3S2/c1-7-2-3-8(5-11)9(4-7)15-10-13-12-6-14-10/h2-4,6H,1H3. The lowest BCUT2D eigenvalue weighted by Crippen LogP contribution is -1.82. The van der Waals surface area contributed by atoms with E-state index in [0.717, 1.165) is 14.8 Å². The third-order valence-corrected chi connectivity index (χ3v) is 3.63. The third kappa shape index (κ3) is 2.35. The van der Waals surface area contributed by atoms with Crippen molar-refractivity contribution in [2.24, 2.45) is 0 Å². The fraction of sp³-hybridized carbons (Fsp3) is 0.100. The molecule has 0 saturated carbocycles. The monoisotopic (exact) mass is 233 g/mol. The quantitative estimate of drug-likeness (QED) is 0.800. The first-order valence-electron chi connectivity index (χ1n) is 4.24. The Kier molecular flexibility index (Phi) is 2.99. The Morgan fingerprint density at radius 2 is 2.33 bits per heavy atom. The second kappa shape index (κ2) is 4.43. The molecule has 2 aromatic rings. The average Bonchev–Trinajstić information content (AvgIpc) is 2.71. The molecular formula is C10H7N3S2. The molecule has 0 aliphatic rings. The number of aryl methyl sites for hydroxylation is 1. The summed E-state index contributed by atoms with van der Waals surface area (Å²) in [4.78, 5) is 0.939. The summed E-state index contributed by atoms with van der Waals surface area (Å²) in [7, 11) is 0. The molecule has 1 heterocycles. The summed E-state index contributed by atoms with van der Waals surface area (Å²) in [5.74, 6) is 0. The van der Waals surface area contributed by atoms with Gasteiger partial charge in [0.1, 0.15) is 11.6 Å². The minimum absolute atomic E-state index is 0.681. The second-order valence-electron chi connectivity index (χ2n) is 2.92. The van der Waals surface area contributed by atoms with Crippen molar-refractivity contribution in [3.8, 4) is 6.07 Å². The maximum atomic E-state index is 8.94. The second-order valence-corrected chi connectivity index (χ2v) is 5.04. The highest BCUT2D eigenvalue weighted by molar-refractivity contribution is 8.01. The molecule has 0 spiro atoms. The predicted octanol–water partition coefficient (Wildman–Crippen LogP) is 2.87. The third-order valence-electron chi connectivity index (χ3n) is 1.79. The van der Waals surface area contributed by atoms with Gasteiger partial charge in [-0.1, -0.05) is 29.2 Å². The van der Waals surface area contributed by atoms with E-state index in [2.05, 4.69) is 16.3 Å². The van der Waals surface area contributed by atoms with Gasteiger partial charge in [-0.05, 0) is 24.6 Å². The normalized spacial score (nSPS) is 9.87. The molecule has 74 valence electrons. The first kappa shape index (κ1) is 10.1. The molecule has 0 aliphatic heterocycles. The number of nitrogens with zero attached hydrogens (tertiary/aromatic N) is 3. The molecule has 0 fully saturated rings. The molecule has 0 aliphatic carbocycles. The number of hydrogen-bond donors (Lipinski definition) is 0. The Hall–Kier alpha value is -1.38. The van der Waals surface area contributed by atoms with Crippen LogP contribution in [0.15, 0.2) is 32.9 Å². The predicted molar refractivity (Wildman–Crippen MR) is 59.9 cm³/mol. The molecule has 1 aromatic carbocycles. The van der Waals surface area contributed by atoms with Crippen LogP contribution < -0.4 is 0 Å². The van der Waals surface area contributed by atoms with Crippen LogP contribution >= 0.6 is 23.1 Å². The molecule has 0 bridgehead atoms. The van der Waals surface area contributed by atoms with E-state index in [4.69, 9.17) is 5.26 Å². The van der Waals surface area contributed by atoms with Crippen LogP contribution in [0.5, 0.6) is 0 Å². The van der Waals surface area contributed by atoms with Crippen LogP contribution in [-0.4, -0.2) is 10.2 Å². The van der Waals surface area contributed by atoms with Crippen molar-refractivity contribution in [3.05, 3.63) is 34.8 Å². The van der Waals surface area contributed by atoms with Gasteiger partial charge in [-0.25, -0.2) is 0 Å². The number of aromatic nitrogens is 2. The van der Waals surface area contributed by atoms with Gasteiger partial charge in [0.2, 0.25) is 0 Å². The van der Waals surface area contributed by atoms with E-state index in [9.17, 15) is 0 Å². The van der Waals surface area contributed by atoms with E-state index in [1.165, 1.54) is 23.1 Å². The molecule has 0 amide bonds. The molecule has 3 nitrogen and oxygen atoms in total. The lowest BCUT2D eigenvalue weighted by molar-refractivity contribution is 1.01. The fourth-order valence-electron chi connectivity index (χ4n) is 1.11. The van der Waals surface area contributed by atoms with Gasteiger partial charge in [0, 0.05) is 4.90 Å². The van der Waals surface area contributed by atoms with Crippen molar-refractivity contribution in [1.82, 2.24) is 10.2 Å². The fourth-order valence-corrected chi connectivity index (χ4v) is 2.72. The first-order chi connectivity index (χ1) is 7.29. The van der Waals surface area contributed by atoms with Crippen LogP contribution in [-0.2, 0) is 0 Å². The van der Waals surface area contributed by atoms with Gasteiger partial charge in [-0.2, -0.15) is 5.26 Å². The highest BCUT2D eigenvalue weighted by Crippen LogP contribution is 2.31. The lowest BCUT2D eigenvalue weighted by Gasteiger charge is -2.01. The molecule has 5 heteroatoms. The van der Waals surface area contributed by atoms with Gasteiger partial charge in [-0.3, -0.25) is 0 Å². The van der Waals surface area contributed by atoms with Crippen LogP contribution in [0.1, 0.15) is 11.1 Å². The molecule has 2 rings (SSSR count). The van der Waals surface area contributed by atoms with Gasteiger partial charge >= 0.3 is 0 Å². The van der Waals surface area contributed by atoms with Crippen molar-refractivity contribution < 1.29 is 0 Å². The number of benzene rings is 1. The van der Waals surface area contributed by atoms with Gasteiger partial charge in [0.05, 0.1) is 5.56 Å². The molecule has 0 unspecified atom stereocenters. The van der Waals surface area contributed by atoms with Crippen LogP contribution in [0, 0.1) is 18.3 Å². The Morgan fingerprint density at radius 3 is 3.00 bits per heavy atom. The van der Waals surface area contributed by atoms with Crippen molar-refractivity contribution in [2.45, 2.75) is 16.2 Å². The van der Waals surface area contributed by atoms with Gasteiger partial charge in [-0.15, -0.1) is 10.2 Å². The zero-order chi connectivity index (χ0) is 10.7. The van der Waals surface area contributed by atoms with E-state index in [0.29, 0.717) is 5.56 Å². The van der Waals surface area contributed by atoms with E-state index in [-0.39, 0.29) is 0 Å². The average molecular weight is 233 g/mol. The van der Waals surface area contributed by atoms with Crippen molar-refractivity contribution in [1.29, 1.82) is 5.26 Å². The van der Waals surface area contributed by atoms with Crippen LogP contribution in [0.25, 0.3) is 0 Å². The smallest absolute Gasteiger partial charge is 0.178 e. The maximum absolute atomic E-state index is 8.94. The molecular weight excluding hydrogens is 226 g/mol. The summed E-state index contributed by atoms with van der Waals surface area (Å²) in [6.45, 7) is 2.01. The highest BCUT2D eigenvalue weighted by atomic mass is 32.2. The Labute approximate surface area is 95.8 Å². The van der Waals surface area contributed by atoms with E-state index in [1.54, 1.807) is 5.51 Å². The maximum Gasteiger partial charge on any atom is 0.178 e. The Balaban J connectivity index is 2.35. The Morgan fingerprint density at radius 1 is 1.47 bits per heavy atom. The molecule has 15 heavy (non-hydrogen) atoms. The lowest BCUT2D eigenvalue weighted by atomic mass is 10.2. The minimum atomic E-state index is 0.681. The van der Waals surface area contributed by atoms with Crippen molar-refractivity contribution in [2.75, 3.05) is 0 Å². The summed E-state index contributed by atoms with van der Waals surface area (Å²) < 4.78 is 0.858. The van der Waals surface area contributed by atoms with Crippen molar-refractivity contribution >= 4 is 23.1 Å². The van der Waals surface area contributed by atoms with Crippen LogP contribution in [0.4, 0.5) is 0 Å². The summed E-state index contributed by atoms with van der Waals surface area (Å²) in [6, 6.07) is 7.93. The largest absolute Gasteiger partial charge is 0.192 e. The SMILES string of the molecule is Cc1ccc(C#N)c(Sc2nncs2)c1. The summed E-state index contributed by atoms with van der Waals surface area (Å²) >= 11 is 2.96. The zero-order valence-corrected chi connectivity index (χ0v) is 9.60. The van der Waals surface area contributed by atoms with Gasteiger partial charge < -0.3 is 0 Å². The first-order valence-corrected chi connectivity index (χ1v) is 5.94. The van der Waals surface area contributed by atoms with E-state index >= 15 is 0 Å².